The molecular formula is C7H5BrCl2MgO. The number of ether oxygens (including phenoxy) is 1. The standard InChI is InChI=1S/C7H5Cl2O.BrH.Mg/c1-10-7-3-2-5(8)4-6(7)9;;/h3-4H,1H3;1H;/q-1;;+2/p-1. The van der Waals surface area contributed by atoms with E-state index in [0.29, 0.717) is 15.8 Å². The molecule has 0 spiro atoms. The normalized spacial score (nSPS) is 7.92. The van der Waals surface area contributed by atoms with Gasteiger partial charge in [0.1, 0.15) is 0 Å². The molecule has 0 saturated carbocycles. The van der Waals surface area contributed by atoms with E-state index >= 15 is 0 Å². The van der Waals surface area contributed by atoms with Crippen molar-refractivity contribution < 1.29 is 21.7 Å². The van der Waals surface area contributed by atoms with E-state index in [0.717, 1.165) is 0 Å². The van der Waals surface area contributed by atoms with Crippen molar-refractivity contribution in [1.29, 1.82) is 0 Å². The van der Waals surface area contributed by atoms with E-state index in [1.54, 1.807) is 19.2 Å². The van der Waals surface area contributed by atoms with Crippen LogP contribution in [0.1, 0.15) is 0 Å². The fourth-order valence-electron chi connectivity index (χ4n) is 0.584. The molecule has 5 heteroatoms. The van der Waals surface area contributed by atoms with Gasteiger partial charge in [-0.15, -0.1) is 35.3 Å². The number of hydrogen-bond acceptors (Lipinski definition) is 1. The maximum atomic E-state index is 5.70. The van der Waals surface area contributed by atoms with E-state index < -0.39 is 0 Å². The third-order valence-corrected chi connectivity index (χ3v) is 1.56. The fourth-order valence-corrected chi connectivity index (χ4v) is 1.04. The number of rotatable bonds is 1. The van der Waals surface area contributed by atoms with Crippen LogP contribution in [-0.4, -0.2) is 30.2 Å². The molecule has 1 aromatic rings. The van der Waals surface area contributed by atoms with Crippen molar-refractivity contribution >= 4 is 46.3 Å². The van der Waals surface area contributed by atoms with Gasteiger partial charge >= 0.3 is 23.1 Å². The molecule has 0 aliphatic heterocycles. The van der Waals surface area contributed by atoms with E-state index in [1.165, 1.54) is 0 Å². The van der Waals surface area contributed by atoms with E-state index in [2.05, 4.69) is 6.07 Å². The first-order chi connectivity index (χ1) is 4.74. The third-order valence-electron chi connectivity index (χ3n) is 1.05. The van der Waals surface area contributed by atoms with Gasteiger partial charge in [0, 0.05) is 5.75 Å². The Morgan fingerprint density at radius 3 is 2.42 bits per heavy atom. The Morgan fingerprint density at radius 1 is 1.42 bits per heavy atom. The molecule has 12 heavy (non-hydrogen) atoms. The molecule has 0 heterocycles. The second kappa shape index (κ2) is 7.27. The van der Waals surface area contributed by atoms with Gasteiger partial charge in [0.2, 0.25) is 0 Å². The van der Waals surface area contributed by atoms with Crippen molar-refractivity contribution in [3.8, 4) is 5.75 Å². The zero-order chi connectivity index (χ0) is 7.56. The molecule has 0 radical (unpaired) electrons. The summed E-state index contributed by atoms with van der Waals surface area (Å²) in [5.74, 6) is 0.589. The first-order valence-corrected chi connectivity index (χ1v) is 3.40. The molecule has 0 unspecified atom stereocenters. The Hall–Kier alpha value is 0.846. The van der Waals surface area contributed by atoms with Gasteiger partial charge in [-0.3, -0.25) is 0 Å². The van der Waals surface area contributed by atoms with Crippen LogP contribution in [0.3, 0.4) is 0 Å². The van der Waals surface area contributed by atoms with Gasteiger partial charge in [0.15, 0.2) is 0 Å². The summed E-state index contributed by atoms with van der Waals surface area (Å²) in [5.41, 5.74) is 0. The minimum Gasteiger partial charge on any atom is -1.00 e. The summed E-state index contributed by atoms with van der Waals surface area (Å²) in [7, 11) is 1.54. The molecule has 0 aliphatic rings. The minimum atomic E-state index is 0. The van der Waals surface area contributed by atoms with Gasteiger partial charge < -0.3 is 21.7 Å². The summed E-state index contributed by atoms with van der Waals surface area (Å²) in [4.78, 5) is 0. The number of hydrogen-bond donors (Lipinski definition) is 0. The Bertz CT molecular complexity index is 245. The van der Waals surface area contributed by atoms with E-state index in [-0.39, 0.29) is 40.0 Å². The molecule has 0 amide bonds. The van der Waals surface area contributed by atoms with Crippen LogP contribution in [0.2, 0.25) is 10.0 Å². The largest absolute Gasteiger partial charge is 2.00 e. The van der Waals surface area contributed by atoms with Crippen LogP contribution in [0, 0.1) is 6.07 Å². The molecule has 0 bridgehead atoms. The molecule has 0 fully saturated rings. The summed E-state index contributed by atoms with van der Waals surface area (Å²) >= 11 is 11.3. The molecule has 1 aromatic carbocycles. The fraction of sp³-hybridized carbons (Fsp3) is 0.143. The summed E-state index contributed by atoms with van der Waals surface area (Å²) in [6.45, 7) is 0. The van der Waals surface area contributed by atoms with Crippen LogP contribution in [0.4, 0.5) is 0 Å². The zero-order valence-corrected chi connectivity index (χ0v) is 10.9. The summed E-state index contributed by atoms with van der Waals surface area (Å²) in [6, 6.07) is 5.93. The van der Waals surface area contributed by atoms with Gasteiger partial charge in [-0.05, 0) is 5.02 Å². The quantitative estimate of drug-likeness (QED) is 0.494. The van der Waals surface area contributed by atoms with E-state index in [1.807, 2.05) is 0 Å². The first kappa shape index (κ1) is 15.3. The van der Waals surface area contributed by atoms with Crippen molar-refractivity contribution in [2.75, 3.05) is 7.11 Å². The van der Waals surface area contributed by atoms with Crippen LogP contribution in [0.15, 0.2) is 12.1 Å². The Morgan fingerprint density at radius 2 is 2.00 bits per heavy atom. The second-order valence-electron chi connectivity index (χ2n) is 1.70. The predicted octanol–water partition coefficient (Wildman–Crippen LogP) is -0.575. The van der Waals surface area contributed by atoms with Gasteiger partial charge in [-0.1, -0.05) is 5.02 Å². The molecule has 62 valence electrons. The molecule has 0 aromatic heterocycles. The van der Waals surface area contributed by atoms with E-state index in [4.69, 9.17) is 27.9 Å². The van der Waals surface area contributed by atoms with Crippen molar-refractivity contribution in [2.45, 2.75) is 0 Å². The monoisotopic (exact) mass is 278 g/mol. The number of methoxy groups -OCH3 is 1. The van der Waals surface area contributed by atoms with Crippen LogP contribution < -0.4 is 21.7 Å². The van der Waals surface area contributed by atoms with Gasteiger partial charge in [-0.2, -0.15) is 6.07 Å². The maximum absolute atomic E-state index is 5.70. The minimum absolute atomic E-state index is 0. The Labute approximate surface area is 108 Å². The third kappa shape index (κ3) is 4.19. The van der Waals surface area contributed by atoms with E-state index in [9.17, 15) is 0 Å². The predicted molar refractivity (Wildman–Crippen MR) is 47.6 cm³/mol. The molecule has 1 rings (SSSR count). The average Bonchev–Trinajstić information content (AvgIpc) is 1.88. The molecular weight excluding hydrogens is 275 g/mol. The van der Waals surface area contributed by atoms with Gasteiger partial charge in [0.25, 0.3) is 0 Å². The smallest absolute Gasteiger partial charge is 1.00 e. The molecule has 1 nitrogen and oxygen atoms in total. The number of benzene rings is 1. The van der Waals surface area contributed by atoms with Gasteiger partial charge in [0.05, 0.1) is 7.11 Å². The van der Waals surface area contributed by atoms with Crippen LogP contribution >= 0.6 is 23.2 Å². The van der Waals surface area contributed by atoms with Crippen molar-refractivity contribution in [1.82, 2.24) is 0 Å². The Kier molecular flexibility index (Phi) is 9.28. The first-order valence-electron chi connectivity index (χ1n) is 2.65. The van der Waals surface area contributed by atoms with Crippen LogP contribution in [-0.2, 0) is 0 Å². The van der Waals surface area contributed by atoms with Crippen molar-refractivity contribution in [2.24, 2.45) is 0 Å². The summed E-state index contributed by atoms with van der Waals surface area (Å²) in [5, 5.41) is 0.997. The summed E-state index contributed by atoms with van der Waals surface area (Å²) in [6.07, 6.45) is 0. The summed E-state index contributed by atoms with van der Waals surface area (Å²) < 4.78 is 4.88. The molecule has 0 atom stereocenters. The maximum Gasteiger partial charge on any atom is 2.00 e. The topological polar surface area (TPSA) is 9.23 Å². The van der Waals surface area contributed by atoms with Crippen molar-refractivity contribution in [3.05, 3.63) is 28.2 Å². The van der Waals surface area contributed by atoms with Crippen molar-refractivity contribution in [3.63, 3.8) is 0 Å². The van der Waals surface area contributed by atoms with Crippen LogP contribution in [0.25, 0.3) is 0 Å². The molecule has 0 aliphatic carbocycles. The van der Waals surface area contributed by atoms with Crippen LogP contribution in [0.5, 0.6) is 5.75 Å². The van der Waals surface area contributed by atoms with Gasteiger partial charge in [-0.25, -0.2) is 0 Å². The SMILES string of the molecule is COc1c[c-]c(Cl)cc1Cl.[Br-].[Mg+2]. The zero-order valence-electron chi connectivity index (χ0n) is 6.40. The second-order valence-corrected chi connectivity index (χ2v) is 2.51. The Balaban J connectivity index is 0. The average molecular weight is 280 g/mol. The number of halogens is 3. The molecule has 0 N–H and O–H groups in total. The molecule has 0 saturated heterocycles.